The summed E-state index contributed by atoms with van der Waals surface area (Å²) in [6, 6.07) is 2.43. The van der Waals surface area contributed by atoms with Gasteiger partial charge in [-0.2, -0.15) is 13.2 Å². The van der Waals surface area contributed by atoms with Crippen LogP contribution in [0, 0.1) is 0 Å². The van der Waals surface area contributed by atoms with Gasteiger partial charge in [0.05, 0.1) is 18.2 Å². The second-order valence-corrected chi connectivity index (χ2v) is 5.11. The van der Waals surface area contributed by atoms with Crippen molar-refractivity contribution in [2.24, 2.45) is 0 Å². The van der Waals surface area contributed by atoms with E-state index in [4.69, 9.17) is 0 Å². The SMILES string of the molecule is FC(F)(F)c1ccc(-n2cncc2C2CCNCC2)cn1. The second kappa shape index (κ2) is 5.48. The fourth-order valence-electron chi connectivity index (χ4n) is 2.64. The van der Waals surface area contributed by atoms with E-state index in [1.165, 1.54) is 12.3 Å². The van der Waals surface area contributed by atoms with Gasteiger partial charge in [-0.05, 0) is 38.1 Å². The van der Waals surface area contributed by atoms with Crippen LogP contribution < -0.4 is 5.32 Å². The number of alkyl halides is 3. The summed E-state index contributed by atoms with van der Waals surface area (Å²) in [4.78, 5) is 7.64. The molecule has 3 heterocycles. The average Bonchev–Trinajstić information content (AvgIpc) is 2.97. The number of rotatable bonds is 2. The first-order valence-electron chi connectivity index (χ1n) is 6.82. The van der Waals surface area contributed by atoms with Crippen molar-refractivity contribution in [2.45, 2.75) is 24.9 Å². The van der Waals surface area contributed by atoms with E-state index >= 15 is 0 Å². The van der Waals surface area contributed by atoms with Crippen LogP contribution in [0.15, 0.2) is 30.9 Å². The molecule has 3 rings (SSSR count). The first-order chi connectivity index (χ1) is 10.1. The van der Waals surface area contributed by atoms with E-state index in [2.05, 4.69) is 15.3 Å². The summed E-state index contributed by atoms with van der Waals surface area (Å²) in [5.74, 6) is 0.371. The maximum Gasteiger partial charge on any atom is 0.433 e. The first-order valence-corrected chi connectivity index (χ1v) is 6.82. The molecule has 1 aliphatic rings. The molecule has 0 spiro atoms. The number of nitrogens with zero attached hydrogens (tertiary/aromatic N) is 3. The maximum absolute atomic E-state index is 12.5. The maximum atomic E-state index is 12.5. The summed E-state index contributed by atoms with van der Waals surface area (Å²) in [7, 11) is 0. The molecule has 2 aromatic heterocycles. The first kappa shape index (κ1) is 14.1. The number of imidazole rings is 1. The highest BCUT2D eigenvalue weighted by Gasteiger charge is 2.32. The molecule has 4 nitrogen and oxygen atoms in total. The molecule has 1 saturated heterocycles. The highest BCUT2D eigenvalue weighted by molar-refractivity contribution is 5.33. The van der Waals surface area contributed by atoms with E-state index in [0.717, 1.165) is 37.7 Å². The van der Waals surface area contributed by atoms with Gasteiger partial charge in [0, 0.05) is 17.8 Å². The molecule has 0 atom stereocenters. The molecule has 0 saturated carbocycles. The Morgan fingerprint density at radius 2 is 1.90 bits per heavy atom. The van der Waals surface area contributed by atoms with E-state index in [9.17, 15) is 13.2 Å². The Hall–Kier alpha value is -1.89. The van der Waals surface area contributed by atoms with Crippen LogP contribution in [-0.4, -0.2) is 27.6 Å². The molecule has 0 unspecified atom stereocenters. The Bertz CT molecular complexity index is 597. The van der Waals surface area contributed by atoms with Crippen LogP contribution >= 0.6 is 0 Å². The van der Waals surface area contributed by atoms with Crippen molar-refractivity contribution in [3.8, 4) is 5.69 Å². The van der Waals surface area contributed by atoms with Crippen LogP contribution in [0.5, 0.6) is 0 Å². The van der Waals surface area contributed by atoms with Gasteiger partial charge in [-0.3, -0.25) is 0 Å². The molecular weight excluding hydrogens is 281 g/mol. The van der Waals surface area contributed by atoms with Crippen molar-refractivity contribution >= 4 is 0 Å². The van der Waals surface area contributed by atoms with Gasteiger partial charge in [0.2, 0.25) is 0 Å². The molecular formula is C14H15F3N4. The highest BCUT2D eigenvalue weighted by atomic mass is 19.4. The van der Waals surface area contributed by atoms with E-state index in [1.807, 2.05) is 4.57 Å². The van der Waals surface area contributed by atoms with Crippen LogP contribution in [0.3, 0.4) is 0 Å². The topological polar surface area (TPSA) is 42.7 Å². The Balaban J connectivity index is 1.89. The summed E-state index contributed by atoms with van der Waals surface area (Å²) in [6.07, 6.45) is 2.25. The smallest absolute Gasteiger partial charge is 0.317 e. The predicted octanol–water partition coefficient (Wildman–Crippen LogP) is 2.75. The van der Waals surface area contributed by atoms with E-state index in [1.54, 1.807) is 12.5 Å². The molecule has 0 bridgehead atoms. The van der Waals surface area contributed by atoms with E-state index < -0.39 is 11.9 Å². The van der Waals surface area contributed by atoms with Crippen LogP contribution in [0.2, 0.25) is 0 Å². The van der Waals surface area contributed by atoms with Gasteiger partial charge in [0.15, 0.2) is 0 Å². The van der Waals surface area contributed by atoms with Crippen LogP contribution in [0.25, 0.3) is 5.69 Å². The number of pyridine rings is 1. The summed E-state index contributed by atoms with van der Waals surface area (Å²) in [5.41, 5.74) is 0.752. The number of halogens is 3. The largest absolute Gasteiger partial charge is 0.433 e. The van der Waals surface area contributed by atoms with Gasteiger partial charge in [-0.15, -0.1) is 0 Å². The lowest BCUT2D eigenvalue weighted by Gasteiger charge is -2.23. The van der Waals surface area contributed by atoms with Crippen molar-refractivity contribution in [3.05, 3.63) is 42.2 Å². The number of hydrogen-bond donors (Lipinski definition) is 1. The van der Waals surface area contributed by atoms with Crippen LogP contribution in [-0.2, 0) is 6.18 Å². The lowest BCUT2D eigenvalue weighted by atomic mass is 9.95. The fraction of sp³-hybridized carbons (Fsp3) is 0.429. The molecule has 0 aliphatic carbocycles. The summed E-state index contributed by atoms with van der Waals surface area (Å²) < 4.78 is 39.5. The molecule has 112 valence electrons. The Labute approximate surface area is 120 Å². The van der Waals surface area contributed by atoms with Gasteiger partial charge in [-0.25, -0.2) is 9.97 Å². The molecule has 1 fully saturated rings. The standard InChI is InChI=1S/C14H15F3N4/c15-14(16,17)13-2-1-11(7-20-13)21-9-19-8-12(21)10-3-5-18-6-4-10/h1-2,7-10,18H,3-6H2. The molecule has 0 aromatic carbocycles. The highest BCUT2D eigenvalue weighted by Crippen LogP contribution is 2.29. The number of piperidine rings is 1. The molecule has 2 aromatic rings. The Morgan fingerprint density at radius 3 is 2.52 bits per heavy atom. The Morgan fingerprint density at radius 1 is 1.14 bits per heavy atom. The zero-order valence-electron chi connectivity index (χ0n) is 11.3. The molecule has 1 N–H and O–H groups in total. The molecule has 0 amide bonds. The molecule has 21 heavy (non-hydrogen) atoms. The van der Waals surface area contributed by atoms with Crippen molar-refractivity contribution in [3.63, 3.8) is 0 Å². The second-order valence-electron chi connectivity index (χ2n) is 5.11. The number of aromatic nitrogens is 3. The Kier molecular flexibility index (Phi) is 3.67. The molecule has 0 radical (unpaired) electrons. The third-order valence-corrected chi connectivity index (χ3v) is 3.74. The number of nitrogens with one attached hydrogen (secondary N) is 1. The lowest BCUT2D eigenvalue weighted by molar-refractivity contribution is -0.141. The third kappa shape index (κ3) is 2.92. The minimum Gasteiger partial charge on any atom is -0.317 e. The van der Waals surface area contributed by atoms with Crippen LogP contribution in [0.1, 0.15) is 30.1 Å². The lowest BCUT2D eigenvalue weighted by Crippen LogP contribution is -2.27. The summed E-state index contributed by atoms with van der Waals surface area (Å²) >= 11 is 0. The third-order valence-electron chi connectivity index (χ3n) is 3.74. The van der Waals surface area contributed by atoms with Gasteiger partial charge >= 0.3 is 6.18 Å². The monoisotopic (exact) mass is 296 g/mol. The van der Waals surface area contributed by atoms with Crippen molar-refractivity contribution < 1.29 is 13.2 Å². The van der Waals surface area contributed by atoms with Gasteiger partial charge in [0.25, 0.3) is 0 Å². The van der Waals surface area contributed by atoms with Crippen molar-refractivity contribution in [1.82, 2.24) is 19.9 Å². The van der Waals surface area contributed by atoms with Crippen molar-refractivity contribution in [1.29, 1.82) is 0 Å². The van der Waals surface area contributed by atoms with Gasteiger partial charge < -0.3 is 9.88 Å². The van der Waals surface area contributed by atoms with Crippen LogP contribution in [0.4, 0.5) is 13.2 Å². The zero-order chi connectivity index (χ0) is 14.9. The van der Waals surface area contributed by atoms with E-state index in [0.29, 0.717) is 11.6 Å². The quantitative estimate of drug-likeness (QED) is 0.926. The zero-order valence-corrected chi connectivity index (χ0v) is 11.3. The fourth-order valence-corrected chi connectivity index (χ4v) is 2.64. The normalized spacial score (nSPS) is 17.1. The van der Waals surface area contributed by atoms with Crippen molar-refractivity contribution in [2.75, 3.05) is 13.1 Å². The summed E-state index contributed by atoms with van der Waals surface area (Å²) in [6.45, 7) is 1.89. The average molecular weight is 296 g/mol. The minimum atomic E-state index is -4.41. The molecule has 7 heteroatoms. The number of hydrogen-bond acceptors (Lipinski definition) is 3. The van der Waals surface area contributed by atoms with Gasteiger partial charge in [0.1, 0.15) is 5.69 Å². The molecule has 1 aliphatic heterocycles. The minimum absolute atomic E-state index is 0.371. The predicted molar refractivity (Wildman–Crippen MR) is 71.2 cm³/mol. The van der Waals surface area contributed by atoms with E-state index in [-0.39, 0.29) is 0 Å². The summed E-state index contributed by atoms with van der Waals surface area (Å²) in [5, 5.41) is 3.29. The van der Waals surface area contributed by atoms with Gasteiger partial charge in [-0.1, -0.05) is 0 Å².